The van der Waals surface area contributed by atoms with Crippen molar-refractivity contribution in [2.24, 2.45) is 0 Å². The molecular formula is C20H13N3O4S. The highest BCUT2D eigenvalue weighted by Crippen LogP contribution is 2.26. The second-order valence-electron chi connectivity index (χ2n) is 6.05. The summed E-state index contributed by atoms with van der Waals surface area (Å²) in [7, 11) is 0. The molecule has 0 saturated heterocycles. The van der Waals surface area contributed by atoms with Crippen molar-refractivity contribution in [2.45, 2.75) is 6.54 Å². The Morgan fingerprint density at radius 2 is 1.96 bits per heavy atom. The molecule has 4 aromatic rings. The molecule has 2 heterocycles. The minimum absolute atomic E-state index is 0.0136. The average molecular weight is 391 g/mol. The smallest absolute Gasteiger partial charge is 0.270 e. The van der Waals surface area contributed by atoms with Gasteiger partial charge in [0.1, 0.15) is 16.0 Å². The summed E-state index contributed by atoms with van der Waals surface area (Å²) in [6.45, 7) is 3.78. The van der Waals surface area contributed by atoms with Gasteiger partial charge in [0, 0.05) is 34.3 Å². The summed E-state index contributed by atoms with van der Waals surface area (Å²) < 4.78 is 2.04. The van der Waals surface area contributed by atoms with E-state index in [1.165, 1.54) is 40.2 Å². The van der Waals surface area contributed by atoms with Gasteiger partial charge in [0.15, 0.2) is 0 Å². The van der Waals surface area contributed by atoms with E-state index in [4.69, 9.17) is 0 Å². The highest BCUT2D eigenvalue weighted by atomic mass is 32.1. The summed E-state index contributed by atoms with van der Waals surface area (Å²) in [6, 6.07) is 12.9. The maximum atomic E-state index is 13.1. The molecule has 0 atom stereocenters. The maximum absolute atomic E-state index is 13.1. The highest BCUT2D eigenvalue weighted by molar-refractivity contribution is 7.24. The predicted molar refractivity (Wildman–Crippen MR) is 110 cm³/mol. The van der Waals surface area contributed by atoms with E-state index in [1.807, 2.05) is 6.07 Å². The van der Waals surface area contributed by atoms with Gasteiger partial charge in [-0.1, -0.05) is 30.3 Å². The lowest BCUT2D eigenvalue weighted by molar-refractivity contribution is -0.384. The maximum Gasteiger partial charge on any atom is 0.270 e. The Hall–Kier alpha value is -3.65. The Balaban J connectivity index is 2.13. The zero-order valence-electron chi connectivity index (χ0n) is 14.5. The summed E-state index contributed by atoms with van der Waals surface area (Å²) >= 11 is 1.24. The molecule has 0 radical (unpaired) electrons. The number of hydrogen-bond acceptors (Lipinski definition) is 6. The van der Waals surface area contributed by atoms with Crippen LogP contribution in [0.2, 0.25) is 0 Å². The molecule has 138 valence electrons. The van der Waals surface area contributed by atoms with E-state index in [-0.39, 0.29) is 28.9 Å². The topological polar surface area (TPSA) is 95.1 Å². The Morgan fingerprint density at radius 3 is 2.71 bits per heavy atom. The predicted octanol–water partition coefficient (Wildman–Crippen LogP) is 3.73. The normalized spacial score (nSPS) is 11.0. The number of nitro benzene ring substituents is 1. The number of rotatable bonds is 4. The third-order valence-corrected chi connectivity index (χ3v) is 5.39. The monoisotopic (exact) mass is 391 g/mol. The molecule has 0 N–H and O–H groups in total. The standard InChI is InChI=1S/C20H13N3O4S/c1-2-10-22-18(12-6-5-7-13(11-12)23(26)27)21-19-16(20(22)25)17(24)14-8-3-4-9-15(14)28-19/h2-9,11H,1,10H2. The van der Waals surface area contributed by atoms with Crippen molar-refractivity contribution in [1.29, 1.82) is 0 Å². The van der Waals surface area contributed by atoms with Gasteiger partial charge in [-0.3, -0.25) is 24.3 Å². The first kappa shape index (κ1) is 17.7. The summed E-state index contributed by atoms with van der Waals surface area (Å²) in [5, 5.41) is 11.6. The van der Waals surface area contributed by atoms with Crippen molar-refractivity contribution >= 4 is 37.3 Å². The molecule has 4 rings (SSSR count). The van der Waals surface area contributed by atoms with Gasteiger partial charge in [0.2, 0.25) is 5.43 Å². The molecule has 0 fully saturated rings. The number of aromatic nitrogens is 2. The van der Waals surface area contributed by atoms with Crippen LogP contribution in [0, 0.1) is 10.1 Å². The van der Waals surface area contributed by atoms with E-state index < -0.39 is 10.5 Å². The minimum atomic E-state index is -0.508. The lowest BCUT2D eigenvalue weighted by atomic mass is 10.1. The van der Waals surface area contributed by atoms with Crippen molar-refractivity contribution in [1.82, 2.24) is 9.55 Å². The SMILES string of the molecule is C=CCn1c(-c2cccc([N+](=O)[O-])c2)nc2sc3ccccc3c(=O)c2c1=O. The van der Waals surface area contributed by atoms with Gasteiger partial charge in [-0.2, -0.15) is 0 Å². The molecule has 0 aliphatic rings. The van der Waals surface area contributed by atoms with Crippen LogP contribution >= 0.6 is 11.3 Å². The lowest BCUT2D eigenvalue weighted by Gasteiger charge is -2.12. The molecule has 0 aliphatic carbocycles. The molecule has 0 amide bonds. The van der Waals surface area contributed by atoms with Gasteiger partial charge in [0.25, 0.3) is 11.2 Å². The largest absolute Gasteiger partial charge is 0.288 e. The fourth-order valence-corrected chi connectivity index (χ4v) is 4.10. The second kappa shape index (κ2) is 6.82. The number of nitro groups is 1. The first-order valence-electron chi connectivity index (χ1n) is 8.33. The van der Waals surface area contributed by atoms with E-state index in [0.717, 1.165) is 4.70 Å². The molecule has 2 aromatic carbocycles. The quantitative estimate of drug-likeness (QED) is 0.229. The summed E-state index contributed by atoms with van der Waals surface area (Å²) in [6.07, 6.45) is 1.52. The molecule has 0 saturated carbocycles. The fraction of sp³-hybridized carbons (Fsp3) is 0.0500. The van der Waals surface area contributed by atoms with Crippen LogP contribution in [0.3, 0.4) is 0 Å². The number of allylic oxidation sites excluding steroid dienone is 1. The Morgan fingerprint density at radius 1 is 1.18 bits per heavy atom. The molecule has 2 aromatic heterocycles. The molecule has 0 unspecified atom stereocenters. The van der Waals surface area contributed by atoms with Crippen LogP contribution in [0.4, 0.5) is 5.69 Å². The van der Waals surface area contributed by atoms with E-state index >= 15 is 0 Å². The van der Waals surface area contributed by atoms with Crippen LogP contribution in [0.25, 0.3) is 31.7 Å². The van der Waals surface area contributed by atoms with E-state index in [2.05, 4.69) is 11.6 Å². The first-order valence-corrected chi connectivity index (χ1v) is 9.15. The number of hydrogen-bond donors (Lipinski definition) is 0. The average Bonchev–Trinajstić information content (AvgIpc) is 2.70. The molecular weight excluding hydrogens is 378 g/mol. The van der Waals surface area contributed by atoms with Crippen LogP contribution in [0.15, 0.2) is 70.8 Å². The Kier molecular flexibility index (Phi) is 4.32. The number of nitrogens with zero attached hydrogens (tertiary/aromatic N) is 3. The van der Waals surface area contributed by atoms with Crippen molar-refractivity contribution in [3.8, 4) is 11.4 Å². The molecule has 0 aliphatic heterocycles. The molecule has 28 heavy (non-hydrogen) atoms. The van der Waals surface area contributed by atoms with Crippen LogP contribution < -0.4 is 11.0 Å². The first-order chi connectivity index (χ1) is 13.5. The van der Waals surface area contributed by atoms with Crippen LogP contribution in [0.1, 0.15) is 0 Å². The number of non-ortho nitro benzene ring substituents is 1. The fourth-order valence-electron chi connectivity index (χ4n) is 3.06. The van der Waals surface area contributed by atoms with Crippen molar-refractivity contribution in [2.75, 3.05) is 0 Å². The van der Waals surface area contributed by atoms with Crippen LogP contribution in [-0.4, -0.2) is 14.5 Å². The van der Waals surface area contributed by atoms with Gasteiger partial charge >= 0.3 is 0 Å². The van der Waals surface area contributed by atoms with Gasteiger partial charge in [-0.25, -0.2) is 4.98 Å². The van der Waals surface area contributed by atoms with Gasteiger partial charge in [-0.05, 0) is 12.1 Å². The summed E-state index contributed by atoms with van der Waals surface area (Å²) in [5.74, 6) is 0.257. The molecule has 0 spiro atoms. The zero-order valence-corrected chi connectivity index (χ0v) is 15.3. The second-order valence-corrected chi connectivity index (χ2v) is 7.09. The van der Waals surface area contributed by atoms with E-state index in [9.17, 15) is 19.7 Å². The van der Waals surface area contributed by atoms with Crippen LogP contribution in [0.5, 0.6) is 0 Å². The Labute approximate surface area is 162 Å². The summed E-state index contributed by atoms with van der Waals surface area (Å²) in [5.41, 5.74) is -0.546. The van der Waals surface area contributed by atoms with Crippen LogP contribution in [-0.2, 0) is 6.54 Å². The highest BCUT2D eigenvalue weighted by Gasteiger charge is 2.18. The van der Waals surface area contributed by atoms with E-state index in [0.29, 0.717) is 15.8 Å². The third kappa shape index (κ3) is 2.80. The zero-order chi connectivity index (χ0) is 19.8. The van der Waals surface area contributed by atoms with Crippen molar-refractivity contribution in [3.63, 3.8) is 0 Å². The van der Waals surface area contributed by atoms with Gasteiger partial charge < -0.3 is 0 Å². The summed E-state index contributed by atoms with van der Waals surface area (Å²) in [4.78, 5) is 41.5. The number of fused-ring (bicyclic) bond motifs is 2. The van der Waals surface area contributed by atoms with E-state index in [1.54, 1.807) is 24.3 Å². The molecule has 7 nitrogen and oxygen atoms in total. The van der Waals surface area contributed by atoms with Crippen molar-refractivity contribution in [3.05, 3.63) is 91.9 Å². The van der Waals surface area contributed by atoms with Gasteiger partial charge in [-0.15, -0.1) is 17.9 Å². The lowest BCUT2D eigenvalue weighted by Crippen LogP contribution is -2.26. The Bertz CT molecular complexity index is 1390. The van der Waals surface area contributed by atoms with Crippen molar-refractivity contribution < 1.29 is 4.92 Å². The molecule has 8 heteroatoms. The third-order valence-electron chi connectivity index (χ3n) is 4.33. The van der Waals surface area contributed by atoms with Gasteiger partial charge in [0.05, 0.1) is 4.92 Å². The minimum Gasteiger partial charge on any atom is -0.288 e. The molecule has 0 bridgehead atoms. The number of benzene rings is 2.